The van der Waals surface area contributed by atoms with Crippen molar-refractivity contribution in [1.82, 2.24) is 0 Å². The molecular formula is C26H23BrN2O5. The summed E-state index contributed by atoms with van der Waals surface area (Å²) >= 11 is 3.39. The van der Waals surface area contributed by atoms with Crippen LogP contribution in [0.2, 0.25) is 0 Å². The third-order valence-electron chi connectivity index (χ3n) is 6.11. The van der Waals surface area contributed by atoms with Crippen LogP contribution in [-0.2, 0) is 14.4 Å². The van der Waals surface area contributed by atoms with E-state index in [1.54, 1.807) is 29.3 Å². The van der Waals surface area contributed by atoms with Crippen LogP contribution >= 0.6 is 15.9 Å². The summed E-state index contributed by atoms with van der Waals surface area (Å²) in [5.41, 5.74) is 2.94. The summed E-state index contributed by atoms with van der Waals surface area (Å²) in [6.07, 6.45) is -0.970. The largest absolute Gasteiger partial charge is 0.503 e. The van der Waals surface area contributed by atoms with Crippen LogP contribution in [0.5, 0.6) is 11.5 Å². The number of carbonyl (C=O) groups is 2. The number of hydroxylamine groups is 1. The Kier molecular flexibility index (Phi) is 5.79. The number of carbonyl (C=O) groups excluding carboxylic acids is 2. The highest BCUT2D eigenvalue weighted by molar-refractivity contribution is 9.10. The first kappa shape index (κ1) is 22.4. The maximum absolute atomic E-state index is 13.7. The Morgan fingerprint density at radius 2 is 1.71 bits per heavy atom. The molecule has 5 rings (SSSR count). The fourth-order valence-electron chi connectivity index (χ4n) is 4.53. The lowest BCUT2D eigenvalue weighted by Crippen LogP contribution is -2.37. The van der Waals surface area contributed by atoms with Gasteiger partial charge in [-0.15, -0.1) is 0 Å². The number of benzene rings is 3. The van der Waals surface area contributed by atoms with E-state index in [4.69, 9.17) is 9.57 Å². The number of nitrogens with zero attached hydrogens (tertiary/aromatic N) is 2. The number of phenolic OH excluding ortho intramolecular Hbond substituents is 1. The predicted octanol–water partition coefficient (Wildman–Crippen LogP) is 4.91. The van der Waals surface area contributed by atoms with Crippen LogP contribution in [0.3, 0.4) is 0 Å². The van der Waals surface area contributed by atoms with Crippen molar-refractivity contribution in [2.75, 3.05) is 16.6 Å². The molecule has 0 aliphatic carbocycles. The van der Waals surface area contributed by atoms with Crippen LogP contribution in [0.1, 0.15) is 24.1 Å². The first-order valence-electron chi connectivity index (χ1n) is 11.0. The fourth-order valence-corrected chi connectivity index (χ4v) is 4.99. The van der Waals surface area contributed by atoms with Gasteiger partial charge in [0.05, 0.1) is 28.5 Å². The monoisotopic (exact) mass is 522 g/mol. The third-order valence-corrected chi connectivity index (χ3v) is 6.71. The predicted molar refractivity (Wildman–Crippen MR) is 131 cm³/mol. The van der Waals surface area contributed by atoms with Gasteiger partial charge in [-0.3, -0.25) is 14.4 Å². The average Bonchev–Trinajstić information content (AvgIpc) is 3.34. The Bertz CT molecular complexity index is 1250. The Morgan fingerprint density at radius 3 is 2.38 bits per heavy atom. The highest BCUT2D eigenvalue weighted by atomic mass is 79.9. The van der Waals surface area contributed by atoms with Crippen molar-refractivity contribution in [3.8, 4) is 11.5 Å². The molecule has 0 spiro atoms. The molecule has 0 bridgehead atoms. The Hall–Kier alpha value is -3.36. The van der Waals surface area contributed by atoms with Gasteiger partial charge < -0.3 is 9.84 Å². The zero-order valence-corrected chi connectivity index (χ0v) is 20.2. The number of fused-ring (bicyclic) bond motifs is 1. The molecule has 3 aromatic rings. The molecule has 2 amide bonds. The van der Waals surface area contributed by atoms with Crippen molar-refractivity contribution < 1.29 is 24.3 Å². The maximum Gasteiger partial charge on any atom is 0.266 e. The average molecular weight is 523 g/mol. The van der Waals surface area contributed by atoms with Crippen molar-refractivity contribution in [1.29, 1.82) is 0 Å². The number of aryl methyl sites for hydroxylation is 1. The van der Waals surface area contributed by atoms with E-state index in [-0.39, 0.29) is 17.4 Å². The fraction of sp³-hybridized carbons (Fsp3) is 0.231. The Morgan fingerprint density at radius 1 is 1.00 bits per heavy atom. The number of aromatic hydroxyl groups is 1. The van der Waals surface area contributed by atoms with E-state index in [1.807, 2.05) is 56.3 Å². The number of amides is 2. The van der Waals surface area contributed by atoms with Gasteiger partial charge in [-0.05, 0) is 71.7 Å². The number of imide groups is 1. The summed E-state index contributed by atoms with van der Waals surface area (Å²) in [5, 5.41) is 12.0. The lowest BCUT2D eigenvalue weighted by molar-refractivity contribution is -0.126. The number of hydrogen-bond donors (Lipinski definition) is 1. The van der Waals surface area contributed by atoms with Crippen LogP contribution in [0.15, 0.2) is 71.2 Å². The number of anilines is 2. The summed E-state index contributed by atoms with van der Waals surface area (Å²) in [4.78, 5) is 34.5. The molecule has 2 aliphatic rings. The lowest BCUT2D eigenvalue weighted by atomic mass is 9.90. The second-order valence-corrected chi connectivity index (χ2v) is 9.14. The van der Waals surface area contributed by atoms with Crippen molar-refractivity contribution >= 4 is 39.1 Å². The maximum atomic E-state index is 13.7. The number of hydrogen-bond acceptors (Lipinski definition) is 6. The van der Waals surface area contributed by atoms with Crippen LogP contribution < -0.4 is 14.7 Å². The van der Waals surface area contributed by atoms with Gasteiger partial charge in [0, 0.05) is 0 Å². The van der Waals surface area contributed by atoms with Crippen molar-refractivity contribution in [2.45, 2.75) is 26.0 Å². The van der Waals surface area contributed by atoms with Gasteiger partial charge in [-0.2, -0.15) is 0 Å². The van der Waals surface area contributed by atoms with Gasteiger partial charge in [0.1, 0.15) is 5.92 Å². The molecule has 2 aliphatic heterocycles. The zero-order chi connectivity index (χ0) is 24.0. The topological polar surface area (TPSA) is 79.3 Å². The van der Waals surface area contributed by atoms with Gasteiger partial charge in [0.15, 0.2) is 17.6 Å². The summed E-state index contributed by atoms with van der Waals surface area (Å²) in [7, 11) is 0. The van der Waals surface area contributed by atoms with Gasteiger partial charge in [0.2, 0.25) is 5.91 Å². The summed E-state index contributed by atoms with van der Waals surface area (Å²) in [6.45, 7) is 4.13. The van der Waals surface area contributed by atoms with E-state index in [0.29, 0.717) is 28.0 Å². The van der Waals surface area contributed by atoms with E-state index in [1.165, 1.54) is 4.90 Å². The highest BCUT2D eigenvalue weighted by Gasteiger charge is 2.60. The number of para-hydroxylation sites is 1. The molecule has 0 saturated carbocycles. The van der Waals surface area contributed by atoms with Crippen LogP contribution in [0.4, 0.5) is 11.4 Å². The molecule has 2 heterocycles. The van der Waals surface area contributed by atoms with Crippen LogP contribution in [0, 0.1) is 12.8 Å². The van der Waals surface area contributed by atoms with E-state index >= 15 is 0 Å². The molecule has 7 nitrogen and oxygen atoms in total. The summed E-state index contributed by atoms with van der Waals surface area (Å²) in [5.74, 6) is -1.24. The normalized spacial score (nSPS) is 21.8. The molecule has 0 radical (unpaired) electrons. The SMILES string of the molecule is CCOc1cc([C@@H]2[C@H]3C(=O)N(c4ccc(C)cc4)C(=O)[C@H]3ON2c2ccccc2)cc(Br)c1O. The number of phenols is 1. The molecule has 174 valence electrons. The molecule has 0 aromatic heterocycles. The molecule has 2 fully saturated rings. The van der Waals surface area contributed by atoms with Crippen molar-refractivity contribution in [2.24, 2.45) is 5.92 Å². The van der Waals surface area contributed by atoms with E-state index < -0.39 is 24.0 Å². The second-order valence-electron chi connectivity index (χ2n) is 8.29. The van der Waals surface area contributed by atoms with E-state index in [0.717, 1.165) is 5.56 Å². The zero-order valence-electron chi connectivity index (χ0n) is 18.6. The van der Waals surface area contributed by atoms with Gasteiger partial charge in [0.25, 0.3) is 5.91 Å². The summed E-state index contributed by atoms with van der Waals surface area (Å²) < 4.78 is 6.05. The molecule has 1 N–H and O–H groups in total. The quantitative estimate of drug-likeness (QED) is 0.479. The molecule has 3 atom stereocenters. The smallest absolute Gasteiger partial charge is 0.266 e. The number of ether oxygens (including phenoxy) is 1. The van der Waals surface area contributed by atoms with E-state index in [9.17, 15) is 14.7 Å². The van der Waals surface area contributed by atoms with Gasteiger partial charge in [-0.25, -0.2) is 9.96 Å². The molecule has 8 heteroatoms. The lowest BCUT2D eigenvalue weighted by Gasteiger charge is -2.29. The van der Waals surface area contributed by atoms with Crippen LogP contribution in [-0.4, -0.2) is 29.6 Å². The van der Waals surface area contributed by atoms with E-state index in [2.05, 4.69) is 15.9 Å². The molecular weight excluding hydrogens is 500 g/mol. The first-order valence-corrected chi connectivity index (χ1v) is 11.8. The number of halogens is 1. The Balaban J connectivity index is 1.62. The molecule has 3 aromatic carbocycles. The molecule has 0 unspecified atom stereocenters. The summed E-state index contributed by atoms with van der Waals surface area (Å²) in [6, 6.07) is 19.4. The van der Waals surface area contributed by atoms with Gasteiger partial charge >= 0.3 is 0 Å². The molecule has 34 heavy (non-hydrogen) atoms. The first-order chi connectivity index (χ1) is 16.4. The molecule has 2 saturated heterocycles. The van der Waals surface area contributed by atoms with Crippen molar-refractivity contribution in [3.63, 3.8) is 0 Å². The number of rotatable bonds is 5. The standard InChI is InChI=1S/C26H23BrN2O5/c1-3-33-20-14-16(13-19(27)23(20)30)22-21-24(34-29(22)18-7-5-4-6-8-18)26(32)28(25(21)31)17-11-9-15(2)10-12-17/h4-14,21-22,24,30H,3H2,1-2H3/t21-,22-,24+/m1/s1. The van der Waals surface area contributed by atoms with Gasteiger partial charge in [-0.1, -0.05) is 35.9 Å². The van der Waals surface area contributed by atoms with Crippen molar-refractivity contribution in [3.05, 3.63) is 82.3 Å². The highest BCUT2D eigenvalue weighted by Crippen LogP contribution is 2.49. The minimum absolute atomic E-state index is 0.0255. The van der Waals surface area contributed by atoms with Crippen LogP contribution in [0.25, 0.3) is 0 Å². The minimum atomic E-state index is -0.970. The second kappa shape index (κ2) is 8.77. The third kappa shape index (κ3) is 3.63. The minimum Gasteiger partial charge on any atom is -0.503 e. The Labute approximate surface area is 205 Å².